The number of rotatable bonds is 7. The fourth-order valence-electron chi connectivity index (χ4n) is 2.88. The van der Waals surface area contributed by atoms with Gasteiger partial charge >= 0.3 is 0 Å². The van der Waals surface area contributed by atoms with Crippen molar-refractivity contribution in [3.8, 4) is 0 Å². The van der Waals surface area contributed by atoms with Gasteiger partial charge in [-0.15, -0.1) is 0 Å². The largest absolute Gasteiger partial charge is 0.330 e. The molecular formula is C19H22Cl2N4. The molecule has 3 rings (SSSR count). The third-order valence-electron chi connectivity index (χ3n) is 4.15. The van der Waals surface area contributed by atoms with E-state index >= 15 is 0 Å². The van der Waals surface area contributed by atoms with Crippen molar-refractivity contribution in [2.45, 2.75) is 32.7 Å². The first-order valence-electron chi connectivity index (χ1n) is 8.47. The standard InChI is InChI=1S/C19H22Cl2N4/c1-13-6-5-7-14(10-13)23-19-24-17-11-15(20)16(21)12-18(17)25(19)9-4-2-3-8-22/h5-7,10-12H,2-4,8-9,22H2,1H3,(H,23,24). The number of fused-ring (bicyclic) bond motifs is 1. The second kappa shape index (κ2) is 8.09. The van der Waals surface area contributed by atoms with Crippen molar-refractivity contribution in [2.75, 3.05) is 11.9 Å². The van der Waals surface area contributed by atoms with Gasteiger partial charge in [0.2, 0.25) is 5.95 Å². The molecule has 0 aliphatic heterocycles. The van der Waals surface area contributed by atoms with Crippen LogP contribution >= 0.6 is 23.2 Å². The summed E-state index contributed by atoms with van der Waals surface area (Å²) in [5.74, 6) is 0.798. The molecule has 0 aliphatic carbocycles. The molecule has 0 fully saturated rings. The molecule has 1 heterocycles. The highest BCUT2D eigenvalue weighted by atomic mass is 35.5. The average Bonchev–Trinajstić information content (AvgIpc) is 2.88. The van der Waals surface area contributed by atoms with Crippen LogP contribution in [-0.4, -0.2) is 16.1 Å². The highest BCUT2D eigenvalue weighted by Crippen LogP contribution is 2.31. The first-order chi connectivity index (χ1) is 12.1. The van der Waals surface area contributed by atoms with Gasteiger partial charge < -0.3 is 15.6 Å². The molecule has 132 valence electrons. The number of hydrogen-bond acceptors (Lipinski definition) is 3. The maximum atomic E-state index is 6.22. The topological polar surface area (TPSA) is 55.9 Å². The van der Waals surface area contributed by atoms with Gasteiger partial charge in [-0.3, -0.25) is 0 Å². The van der Waals surface area contributed by atoms with E-state index in [1.807, 2.05) is 24.3 Å². The molecule has 0 saturated heterocycles. The monoisotopic (exact) mass is 376 g/mol. The van der Waals surface area contributed by atoms with Crippen LogP contribution in [0.2, 0.25) is 10.0 Å². The van der Waals surface area contributed by atoms with Gasteiger partial charge in [-0.05, 0) is 56.1 Å². The zero-order valence-electron chi connectivity index (χ0n) is 14.2. The molecule has 3 aromatic rings. The molecule has 0 radical (unpaired) electrons. The van der Waals surface area contributed by atoms with Crippen LogP contribution in [0.4, 0.5) is 11.6 Å². The third kappa shape index (κ3) is 4.27. The Labute approximate surface area is 157 Å². The van der Waals surface area contributed by atoms with E-state index in [1.54, 1.807) is 0 Å². The van der Waals surface area contributed by atoms with Crippen LogP contribution in [-0.2, 0) is 6.54 Å². The summed E-state index contributed by atoms with van der Waals surface area (Å²) in [5.41, 5.74) is 9.62. The van der Waals surface area contributed by atoms with Gasteiger partial charge in [-0.1, -0.05) is 41.8 Å². The van der Waals surface area contributed by atoms with Crippen molar-refractivity contribution in [2.24, 2.45) is 5.73 Å². The minimum Gasteiger partial charge on any atom is -0.330 e. The van der Waals surface area contributed by atoms with Crippen LogP contribution in [0.5, 0.6) is 0 Å². The SMILES string of the molecule is Cc1cccc(Nc2nc3cc(Cl)c(Cl)cc3n2CCCCCN)c1. The number of hydrogen-bond donors (Lipinski definition) is 2. The van der Waals surface area contributed by atoms with Crippen LogP contribution in [0.25, 0.3) is 11.0 Å². The molecule has 2 aromatic carbocycles. The number of nitrogens with zero attached hydrogens (tertiary/aromatic N) is 2. The first-order valence-corrected chi connectivity index (χ1v) is 9.23. The predicted molar refractivity (Wildman–Crippen MR) is 107 cm³/mol. The van der Waals surface area contributed by atoms with E-state index in [9.17, 15) is 0 Å². The summed E-state index contributed by atoms with van der Waals surface area (Å²) in [7, 11) is 0. The highest BCUT2D eigenvalue weighted by molar-refractivity contribution is 6.42. The van der Waals surface area contributed by atoms with Crippen molar-refractivity contribution >= 4 is 45.9 Å². The molecule has 0 atom stereocenters. The van der Waals surface area contributed by atoms with Gasteiger partial charge in [-0.2, -0.15) is 0 Å². The molecule has 4 nitrogen and oxygen atoms in total. The molecule has 0 bridgehead atoms. The van der Waals surface area contributed by atoms with E-state index in [2.05, 4.69) is 28.9 Å². The second-order valence-corrected chi connectivity index (χ2v) is 7.00. The number of unbranched alkanes of at least 4 members (excludes halogenated alkanes) is 2. The van der Waals surface area contributed by atoms with Gasteiger partial charge in [-0.25, -0.2) is 4.98 Å². The Balaban J connectivity index is 1.96. The number of nitrogens with two attached hydrogens (primary N) is 1. The number of aromatic nitrogens is 2. The van der Waals surface area contributed by atoms with Crippen LogP contribution in [0.1, 0.15) is 24.8 Å². The molecular weight excluding hydrogens is 355 g/mol. The normalized spacial score (nSPS) is 11.2. The predicted octanol–water partition coefficient (Wildman–Crippen LogP) is 5.52. The Morgan fingerprint density at radius 3 is 2.64 bits per heavy atom. The zero-order valence-corrected chi connectivity index (χ0v) is 15.7. The van der Waals surface area contributed by atoms with Crippen molar-refractivity contribution in [3.05, 3.63) is 52.0 Å². The third-order valence-corrected chi connectivity index (χ3v) is 4.87. The number of anilines is 2. The Hall–Kier alpha value is -1.75. The molecule has 3 N–H and O–H groups in total. The Morgan fingerprint density at radius 1 is 1.08 bits per heavy atom. The van der Waals surface area contributed by atoms with Crippen molar-refractivity contribution in [3.63, 3.8) is 0 Å². The van der Waals surface area contributed by atoms with E-state index in [0.29, 0.717) is 10.0 Å². The number of benzene rings is 2. The summed E-state index contributed by atoms with van der Waals surface area (Å²) in [6.07, 6.45) is 3.15. The van der Waals surface area contributed by atoms with E-state index < -0.39 is 0 Å². The fraction of sp³-hybridized carbons (Fsp3) is 0.316. The Bertz CT molecular complexity index is 873. The molecule has 0 spiro atoms. The molecule has 0 saturated carbocycles. The summed E-state index contributed by atoms with van der Waals surface area (Å²) in [6, 6.07) is 11.9. The molecule has 0 unspecified atom stereocenters. The number of halogens is 2. The van der Waals surface area contributed by atoms with Crippen LogP contribution in [0, 0.1) is 6.92 Å². The lowest BCUT2D eigenvalue weighted by Gasteiger charge is -2.11. The van der Waals surface area contributed by atoms with Crippen molar-refractivity contribution < 1.29 is 0 Å². The number of nitrogens with one attached hydrogen (secondary N) is 1. The van der Waals surface area contributed by atoms with E-state index in [-0.39, 0.29) is 0 Å². The quantitative estimate of drug-likeness (QED) is 0.533. The molecule has 1 aromatic heterocycles. The zero-order chi connectivity index (χ0) is 17.8. The Morgan fingerprint density at radius 2 is 1.88 bits per heavy atom. The van der Waals surface area contributed by atoms with Crippen LogP contribution in [0.3, 0.4) is 0 Å². The Kier molecular flexibility index (Phi) is 5.84. The molecule has 0 aliphatic rings. The first kappa shape index (κ1) is 18.1. The minimum atomic E-state index is 0.518. The number of aryl methyl sites for hydroxylation is 2. The van der Waals surface area contributed by atoms with Gasteiger partial charge in [0.25, 0.3) is 0 Å². The van der Waals surface area contributed by atoms with Gasteiger partial charge in [0.15, 0.2) is 0 Å². The summed E-state index contributed by atoms with van der Waals surface area (Å²) < 4.78 is 2.16. The van der Waals surface area contributed by atoms with Gasteiger partial charge in [0.1, 0.15) is 0 Å². The van der Waals surface area contributed by atoms with E-state index in [4.69, 9.17) is 33.9 Å². The molecule has 6 heteroatoms. The summed E-state index contributed by atoms with van der Waals surface area (Å²) in [6.45, 7) is 3.64. The maximum absolute atomic E-state index is 6.22. The molecule has 25 heavy (non-hydrogen) atoms. The van der Waals surface area contributed by atoms with E-state index in [1.165, 1.54) is 5.56 Å². The fourth-order valence-corrected chi connectivity index (χ4v) is 3.20. The summed E-state index contributed by atoms with van der Waals surface area (Å²) >= 11 is 12.4. The van der Waals surface area contributed by atoms with Gasteiger partial charge in [0, 0.05) is 12.2 Å². The van der Waals surface area contributed by atoms with Crippen molar-refractivity contribution in [1.29, 1.82) is 0 Å². The maximum Gasteiger partial charge on any atom is 0.208 e. The smallest absolute Gasteiger partial charge is 0.208 e. The van der Waals surface area contributed by atoms with Crippen molar-refractivity contribution in [1.82, 2.24) is 9.55 Å². The van der Waals surface area contributed by atoms with Gasteiger partial charge in [0.05, 0.1) is 21.1 Å². The van der Waals surface area contributed by atoms with Crippen LogP contribution in [0.15, 0.2) is 36.4 Å². The average molecular weight is 377 g/mol. The minimum absolute atomic E-state index is 0.518. The second-order valence-electron chi connectivity index (χ2n) is 6.19. The van der Waals surface area contributed by atoms with E-state index in [0.717, 1.165) is 55.0 Å². The lowest BCUT2D eigenvalue weighted by molar-refractivity contribution is 0.605. The van der Waals surface area contributed by atoms with Crippen LogP contribution < -0.4 is 11.1 Å². The summed E-state index contributed by atoms with van der Waals surface area (Å²) in [4.78, 5) is 4.72. The molecule has 0 amide bonds. The number of imidazole rings is 1. The summed E-state index contributed by atoms with van der Waals surface area (Å²) in [5, 5.41) is 4.48. The lowest BCUT2D eigenvalue weighted by Crippen LogP contribution is -2.05. The lowest BCUT2D eigenvalue weighted by atomic mass is 10.2. The highest BCUT2D eigenvalue weighted by Gasteiger charge is 2.13.